The normalized spacial score (nSPS) is 14.4. The molecule has 0 spiro atoms. The second-order valence-electron chi connectivity index (χ2n) is 7.25. The van der Waals surface area contributed by atoms with Gasteiger partial charge in [-0.05, 0) is 61.7 Å². The Bertz CT molecular complexity index is 830. The van der Waals surface area contributed by atoms with Gasteiger partial charge in [-0.15, -0.1) is 0 Å². The van der Waals surface area contributed by atoms with Gasteiger partial charge in [0.1, 0.15) is 0 Å². The van der Waals surface area contributed by atoms with Crippen LogP contribution >= 0.6 is 11.6 Å². The fourth-order valence-electron chi connectivity index (χ4n) is 3.31. The number of aryl methyl sites for hydroxylation is 1. The van der Waals surface area contributed by atoms with Gasteiger partial charge >= 0.3 is 0 Å². The number of anilines is 2. The van der Waals surface area contributed by atoms with Crippen LogP contribution in [-0.4, -0.2) is 24.4 Å². The van der Waals surface area contributed by atoms with Crippen molar-refractivity contribution in [1.82, 2.24) is 5.32 Å². The van der Waals surface area contributed by atoms with E-state index in [-0.39, 0.29) is 24.4 Å². The third kappa shape index (κ3) is 5.73. The monoisotopic (exact) mass is 399 g/mol. The number of amides is 2. The molecule has 2 amide bonds. The van der Waals surface area contributed by atoms with Gasteiger partial charge in [-0.1, -0.05) is 36.9 Å². The van der Waals surface area contributed by atoms with Gasteiger partial charge in [0.2, 0.25) is 5.91 Å². The Labute approximate surface area is 170 Å². The minimum absolute atomic E-state index is 0.0348. The van der Waals surface area contributed by atoms with E-state index < -0.39 is 0 Å². The summed E-state index contributed by atoms with van der Waals surface area (Å²) in [6, 6.07) is 12.9. The van der Waals surface area contributed by atoms with Crippen LogP contribution in [0.2, 0.25) is 5.02 Å². The molecule has 5 nitrogen and oxygen atoms in total. The maximum Gasteiger partial charge on any atom is 0.251 e. The van der Waals surface area contributed by atoms with Crippen molar-refractivity contribution >= 4 is 34.8 Å². The highest BCUT2D eigenvalue weighted by molar-refractivity contribution is 6.31. The summed E-state index contributed by atoms with van der Waals surface area (Å²) in [6.45, 7) is 2.04. The average Bonchev–Trinajstić information content (AvgIpc) is 2.70. The van der Waals surface area contributed by atoms with E-state index in [2.05, 4.69) is 16.0 Å². The van der Waals surface area contributed by atoms with E-state index in [1.165, 1.54) is 19.3 Å². The molecule has 0 aromatic heterocycles. The number of hydrogen-bond acceptors (Lipinski definition) is 3. The summed E-state index contributed by atoms with van der Waals surface area (Å²) in [5.41, 5.74) is 3.05. The summed E-state index contributed by atoms with van der Waals surface area (Å²) in [6.07, 6.45) is 5.76. The number of carbonyl (C=O) groups is 2. The highest BCUT2D eigenvalue weighted by Gasteiger charge is 2.16. The molecule has 1 fully saturated rings. The molecule has 0 aliphatic heterocycles. The van der Waals surface area contributed by atoms with Crippen molar-refractivity contribution in [3.05, 3.63) is 58.6 Å². The molecular weight excluding hydrogens is 374 g/mol. The number of halogens is 1. The van der Waals surface area contributed by atoms with Crippen LogP contribution in [0.25, 0.3) is 0 Å². The summed E-state index contributed by atoms with van der Waals surface area (Å²) in [5, 5.41) is 9.59. The molecule has 0 radical (unpaired) electrons. The van der Waals surface area contributed by atoms with Crippen LogP contribution in [0.3, 0.4) is 0 Å². The number of hydrogen-bond donors (Lipinski definition) is 3. The van der Waals surface area contributed by atoms with Crippen molar-refractivity contribution in [2.24, 2.45) is 0 Å². The van der Waals surface area contributed by atoms with Gasteiger partial charge in [-0.25, -0.2) is 0 Å². The lowest BCUT2D eigenvalue weighted by Crippen LogP contribution is -2.36. The Hall–Kier alpha value is -2.53. The van der Waals surface area contributed by atoms with Gasteiger partial charge < -0.3 is 16.0 Å². The van der Waals surface area contributed by atoms with Gasteiger partial charge in [-0.2, -0.15) is 0 Å². The van der Waals surface area contributed by atoms with E-state index in [4.69, 9.17) is 11.6 Å². The van der Waals surface area contributed by atoms with Crippen LogP contribution in [0, 0.1) is 6.92 Å². The molecule has 28 heavy (non-hydrogen) atoms. The lowest BCUT2D eigenvalue weighted by molar-refractivity contribution is -0.114. The molecule has 3 N–H and O–H groups in total. The van der Waals surface area contributed by atoms with Crippen molar-refractivity contribution < 1.29 is 9.59 Å². The molecule has 2 aromatic carbocycles. The summed E-state index contributed by atoms with van der Waals surface area (Å²) in [5.74, 6) is -0.202. The minimum Gasteiger partial charge on any atom is -0.376 e. The fraction of sp³-hybridized carbons (Fsp3) is 0.364. The van der Waals surface area contributed by atoms with Crippen LogP contribution < -0.4 is 16.0 Å². The topological polar surface area (TPSA) is 70.2 Å². The SMILES string of the molecule is Cc1ccc(NC(=O)CNc2ccc(C(=O)NC3CCCCC3)cc2)cc1Cl. The highest BCUT2D eigenvalue weighted by atomic mass is 35.5. The zero-order chi connectivity index (χ0) is 19.9. The maximum atomic E-state index is 12.3. The van der Waals surface area contributed by atoms with E-state index in [0.29, 0.717) is 16.3 Å². The van der Waals surface area contributed by atoms with Crippen LogP contribution in [0.4, 0.5) is 11.4 Å². The first kappa shape index (κ1) is 20.2. The predicted molar refractivity (Wildman–Crippen MR) is 114 cm³/mol. The van der Waals surface area contributed by atoms with E-state index in [0.717, 1.165) is 24.1 Å². The molecule has 0 saturated heterocycles. The van der Waals surface area contributed by atoms with Crippen LogP contribution in [0.5, 0.6) is 0 Å². The first-order valence-corrected chi connectivity index (χ1v) is 10.1. The Kier molecular flexibility index (Phi) is 6.93. The largest absolute Gasteiger partial charge is 0.376 e. The second-order valence-corrected chi connectivity index (χ2v) is 7.66. The number of rotatable bonds is 6. The molecule has 6 heteroatoms. The average molecular weight is 400 g/mol. The molecule has 0 unspecified atom stereocenters. The van der Waals surface area contributed by atoms with E-state index in [1.54, 1.807) is 18.2 Å². The number of nitrogens with one attached hydrogen (secondary N) is 3. The van der Waals surface area contributed by atoms with Gasteiger partial charge in [-0.3, -0.25) is 9.59 Å². The van der Waals surface area contributed by atoms with Crippen molar-refractivity contribution in [2.45, 2.75) is 45.1 Å². The molecule has 3 rings (SSSR count). The summed E-state index contributed by atoms with van der Waals surface area (Å²) >= 11 is 6.07. The van der Waals surface area contributed by atoms with E-state index in [1.807, 2.05) is 31.2 Å². The second kappa shape index (κ2) is 9.60. The zero-order valence-electron chi connectivity index (χ0n) is 16.1. The minimum atomic E-state index is -0.168. The lowest BCUT2D eigenvalue weighted by Gasteiger charge is -2.22. The molecule has 1 aliphatic rings. The smallest absolute Gasteiger partial charge is 0.251 e. The quantitative estimate of drug-likeness (QED) is 0.655. The third-order valence-electron chi connectivity index (χ3n) is 5.00. The first-order valence-electron chi connectivity index (χ1n) is 9.72. The lowest BCUT2D eigenvalue weighted by atomic mass is 9.95. The van der Waals surface area contributed by atoms with Gasteiger partial charge in [0.15, 0.2) is 0 Å². The van der Waals surface area contributed by atoms with Gasteiger partial charge in [0.25, 0.3) is 5.91 Å². The molecule has 1 aliphatic carbocycles. The molecule has 0 atom stereocenters. The summed E-state index contributed by atoms with van der Waals surface area (Å²) in [7, 11) is 0. The van der Waals surface area contributed by atoms with Crippen molar-refractivity contribution in [3.8, 4) is 0 Å². The Morgan fingerprint density at radius 1 is 1.00 bits per heavy atom. The summed E-state index contributed by atoms with van der Waals surface area (Å²) in [4.78, 5) is 24.4. The predicted octanol–water partition coefficient (Wildman–Crippen LogP) is 4.76. The van der Waals surface area contributed by atoms with Crippen LogP contribution in [0.15, 0.2) is 42.5 Å². The maximum absolute atomic E-state index is 12.3. The van der Waals surface area contributed by atoms with Gasteiger partial charge in [0, 0.05) is 28.0 Å². The van der Waals surface area contributed by atoms with Crippen LogP contribution in [-0.2, 0) is 4.79 Å². The standard InChI is InChI=1S/C22H26ClN3O2/c1-15-7-10-19(13-20(15)23)25-21(27)14-24-17-11-8-16(9-12-17)22(28)26-18-5-3-2-4-6-18/h7-13,18,24H,2-6,14H2,1H3,(H,25,27)(H,26,28). The first-order chi connectivity index (χ1) is 13.5. The van der Waals surface area contributed by atoms with Crippen LogP contribution in [0.1, 0.15) is 48.0 Å². The molecule has 148 valence electrons. The molecule has 1 saturated carbocycles. The zero-order valence-corrected chi connectivity index (χ0v) is 16.8. The van der Waals surface area contributed by atoms with Crippen molar-refractivity contribution in [3.63, 3.8) is 0 Å². The van der Waals surface area contributed by atoms with E-state index >= 15 is 0 Å². The third-order valence-corrected chi connectivity index (χ3v) is 5.40. The highest BCUT2D eigenvalue weighted by Crippen LogP contribution is 2.20. The van der Waals surface area contributed by atoms with Crippen molar-refractivity contribution in [2.75, 3.05) is 17.2 Å². The Balaban J connectivity index is 1.47. The van der Waals surface area contributed by atoms with Gasteiger partial charge in [0.05, 0.1) is 6.54 Å². The molecular formula is C22H26ClN3O2. The Morgan fingerprint density at radius 3 is 2.36 bits per heavy atom. The Morgan fingerprint density at radius 2 is 1.68 bits per heavy atom. The van der Waals surface area contributed by atoms with Crippen molar-refractivity contribution in [1.29, 1.82) is 0 Å². The fourth-order valence-corrected chi connectivity index (χ4v) is 3.49. The number of carbonyl (C=O) groups excluding carboxylic acids is 2. The summed E-state index contributed by atoms with van der Waals surface area (Å²) < 4.78 is 0. The molecule has 0 bridgehead atoms. The number of benzene rings is 2. The molecule has 0 heterocycles. The van der Waals surface area contributed by atoms with E-state index in [9.17, 15) is 9.59 Å². The molecule has 2 aromatic rings.